The summed E-state index contributed by atoms with van der Waals surface area (Å²) < 4.78 is 26.6. The molecule has 1 unspecified atom stereocenters. The van der Waals surface area contributed by atoms with Crippen LogP contribution in [0.4, 0.5) is 11.5 Å². The number of rotatable bonds is 12. The van der Waals surface area contributed by atoms with Gasteiger partial charge in [-0.15, -0.1) is 0 Å². The molecule has 5 rings (SSSR count). The van der Waals surface area contributed by atoms with E-state index in [-0.39, 0.29) is 62.5 Å². The molecule has 4 aromatic rings. The molecule has 1 aliphatic heterocycles. The molecule has 14 nitrogen and oxygen atoms in total. The Bertz CT molecular complexity index is 2120. The van der Waals surface area contributed by atoms with E-state index in [4.69, 9.17) is 29.4 Å². The van der Waals surface area contributed by atoms with Crippen LogP contribution >= 0.6 is 11.8 Å². The van der Waals surface area contributed by atoms with Crippen molar-refractivity contribution in [1.82, 2.24) is 4.98 Å². The van der Waals surface area contributed by atoms with Gasteiger partial charge in [0.25, 0.3) is 0 Å². The summed E-state index contributed by atoms with van der Waals surface area (Å²) in [6, 6.07) is 19.2. The number of carbonyl (C=O) groups is 4. The maximum absolute atomic E-state index is 13.6. The largest absolute Gasteiger partial charge is 0.497 e. The summed E-state index contributed by atoms with van der Waals surface area (Å²) in [6.45, 7) is -0.504. The number of ether oxygens (including phenoxy) is 5. The van der Waals surface area contributed by atoms with E-state index in [1.54, 1.807) is 30.3 Å². The molecule has 0 aliphatic carbocycles. The minimum Gasteiger partial charge on any atom is -0.497 e. The Hall–Kier alpha value is -6.58. The molecule has 0 bridgehead atoms. The summed E-state index contributed by atoms with van der Waals surface area (Å²) in [5.74, 6) is -1.21. The van der Waals surface area contributed by atoms with Crippen molar-refractivity contribution in [3.05, 3.63) is 82.9 Å². The Labute approximate surface area is 296 Å². The molecule has 51 heavy (non-hydrogen) atoms. The van der Waals surface area contributed by atoms with Gasteiger partial charge in [0.05, 0.1) is 50.5 Å². The predicted octanol–water partition coefficient (Wildman–Crippen LogP) is 4.57. The van der Waals surface area contributed by atoms with Crippen molar-refractivity contribution >= 4 is 46.8 Å². The highest BCUT2D eigenvalue weighted by molar-refractivity contribution is 8.00. The number of esters is 1. The number of Topliss-reactive ketones (excluding diaryl/α,β-unsaturated/α-hetero) is 1. The van der Waals surface area contributed by atoms with Crippen LogP contribution in [0.3, 0.4) is 0 Å². The second kappa shape index (κ2) is 15.3. The van der Waals surface area contributed by atoms with Crippen molar-refractivity contribution in [2.75, 3.05) is 45.7 Å². The molecule has 15 heteroatoms. The van der Waals surface area contributed by atoms with E-state index < -0.39 is 35.4 Å². The maximum atomic E-state index is 13.6. The van der Waals surface area contributed by atoms with E-state index in [0.29, 0.717) is 16.9 Å². The smallest absolute Gasteiger partial charge is 0.338 e. The Balaban J connectivity index is 1.36. The van der Waals surface area contributed by atoms with Gasteiger partial charge >= 0.3 is 5.97 Å². The number of anilines is 2. The number of thioether (sulfide) groups is 1. The molecular formula is C36H29N5O9S. The number of hydrogen-bond donors (Lipinski definition) is 1. The molecule has 0 radical (unpaired) electrons. The first kappa shape index (κ1) is 35.7. The number of nitriles is 2. The van der Waals surface area contributed by atoms with Crippen LogP contribution in [0, 0.1) is 22.7 Å². The van der Waals surface area contributed by atoms with Gasteiger partial charge in [0.2, 0.25) is 17.6 Å². The first-order valence-corrected chi connectivity index (χ1v) is 15.9. The molecule has 2 heterocycles. The second-order valence-corrected chi connectivity index (χ2v) is 11.9. The average Bonchev–Trinajstić information content (AvgIpc) is 3.43. The highest BCUT2D eigenvalue weighted by atomic mass is 32.2. The van der Waals surface area contributed by atoms with Crippen LogP contribution in [0.1, 0.15) is 38.3 Å². The summed E-state index contributed by atoms with van der Waals surface area (Å²) >= 11 is 0.864. The van der Waals surface area contributed by atoms with Gasteiger partial charge in [-0.05, 0) is 54.1 Å². The van der Waals surface area contributed by atoms with E-state index >= 15 is 0 Å². The normalized spacial score (nSPS) is 13.6. The zero-order valence-electron chi connectivity index (χ0n) is 27.7. The van der Waals surface area contributed by atoms with Crippen LogP contribution in [0.2, 0.25) is 0 Å². The standard InChI is InChI=1S/C36H29N5O9S/c1-46-23-7-5-6-20(12-23)26(42)18-50-36(45)19-8-10-22(11-9-19)41-30(43)15-29(35(41)44)51-34-25(17-38)31(24(16-37)33(39)40-34)21-13-27(47-2)32(49-4)28(14-21)48-3/h5-14,29H,15,18H2,1-4H3,(H2,39,40). The summed E-state index contributed by atoms with van der Waals surface area (Å²) in [5, 5.41) is 19.3. The highest BCUT2D eigenvalue weighted by Gasteiger charge is 2.41. The molecule has 2 amide bonds. The van der Waals surface area contributed by atoms with Gasteiger partial charge in [-0.25, -0.2) is 14.7 Å². The van der Waals surface area contributed by atoms with Crippen LogP contribution in [-0.2, 0) is 14.3 Å². The number of methoxy groups -OCH3 is 4. The highest BCUT2D eigenvalue weighted by Crippen LogP contribution is 2.45. The zero-order chi connectivity index (χ0) is 36.8. The monoisotopic (exact) mass is 707 g/mol. The lowest BCUT2D eigenvalue weighted by atomic mass is 9.96. The van der Waals surface area contributed by atoms with Crippen molar-refractivity contribution in [2.24, 2.45) is 0 Å². The molecule has 1 aliphatic rings. The van der Waals surface area contributed by atoms with Gasteiger partial charge in [0.1, 0.15) is 34.3 Å². The summed E-state index contributed by atoms with van der Waals surface area (Å²) in [5.41, 5.74) is 7.15. The summed E-state index contributed by atoms with van der Waals surface area (Å²) in [7, 11) is 5.74. The van der Waals surface area contributed by atoms with Gasteiger partial charge < -0.3 is 29.4 Å². The van der Waals surface area contributed by atoms with Gasteiger partial charge in [-0.2, -0.15) is 10.5 Å². The molecule has 0 spiro atoms. The lowest BCUT2D eigenvalue weighted by molar-refractivity contribution is -0.121. The molecule has 0 saturated carbocycles. The van der Waals surface area contributed by atoms with Crippen LogP contribution in [0.15, 0.2) is 65.7 Å². The fourth-order valence-electron chi connectivity index (χ4n) is 5.34. The van der Waals surface area contributed by atoms with Crippen molar-refractivity contribution in [3.63, 3.8) is 0 Å². The third-order valence-electron chi connectivity index (χ3n) is 7.82. The number of ketones is 1. The number of imide groups is 1. The molecule has 1 saturated heterocycles. The SMILES string of the molecule is COc1cccc(C(=O)COC(=O)c2ccc(N3C(=O)CC(Sc4nc(N)c(C#N)c(-c5cc(OC)c(OC)c(OC)c5)c4C#N)C3=O)cc2)c1. The van der Waals surface area contributed by atoms with E-state index in [1.165, 1.54) is 58.8 Å². The van der Waals surface area contributed by atoms with Crippen LogP contribution in [0.5, 0.6) is 23.0 Å². The molecular weight excluding hydrogens is 678 g/mol. The number of aromatic nitrogens is 1. The molecule has 258 valence electrons. The molecule has 1 aromatic heterocycles. The first-order valence-electron chi connectivity index (χ1n) is 15.0. The van der Waals surface area contributed by atoms with E-state index in [9.17, 15) is 29.7 Å². The lowest BCUT2D eigenvalue weighted by Crippen LogP contribution is -2.31. The van der Waals surface area contributed by atoms with Gasteiger partial charge in [0.15, 0.2) is 23.9 Å². The lowest BCUT2D eigenvalue weighted by Gasteiger charge is -2.18. The van der Waals surface area contributed by atoms with Crippen LogP contribution in [-0.4, -0.2) is 68.8 Å². The quantitative estimate of drug-likeness (QED) is 0.122. The number of hydrogen-bond acceptors (Lipinski definition) is 14. The first-order chi connectivity index (χ1) is 24.6. The van der Waals surface area contributed by atoms with Gasteiger partial charge in [-0.1, -0.05) is 23.9 Å². The number of nitrogens with zero attached hydrogens (tertiary/aromatic N) is 4. The number of pyridine rings is 1. The molecule has 1 atom stereocenters. The van der Waals surface area contributed by atoms with Gasteiger partial charge in [0, 0.05) is 17.5 Å². The Kier molecular flexibility index (Phi) is 10.7. The van der Waals surface area contributed by atoms with Crippen LogP contribution in [0.25, 0.3) is 11.1 Å². The topological polar surface area (TPSA) is 204 Å². The molecule has 1 fully saturated rings. The summed E-state index contributed by atoms with van der Waals surface area (Å²) in [4.78, 5) is 57.1. The van der Waals surface area contributed by atoms with E-state index in [1.807, 2.05) is 6.07 Å². The number of amides is 2. The van der Waals surface area contributed by atoms with E-state index in [0.717, 1.165) is 16.7 Å². The summed E-state index contributed by atoms with van der Waals surface area (Å²) in [6.07, 6.45) is -0.231. The third-order valence-corrected chi connectivity index (χ3v) is 8.99. The minimum absolute atomic E-state index is 0.0346. The second-order valence-electron chi connectivity index (χ2n) is 10.7. The maximum Gasteiger partial charge on any atom is 0.338 e. The Morgan fingerprint density at radius 1 is 0.902 bits per heavy atom. The molecule has 3 aromatic carbocycles. The van der Waals surface area contributed by atoms with E-state index in [2.05, 4.69) is 11.1 Å². The van der Waals surface area contributed by atoms with Gasteiger partial charge in [-0.3, -0.25) is 14.4 Å². The number of benzene rings is 3. The Morgan fingerprint density at radius 3 is 2.16 bits per heavy atom. The third kappa shape index (κ3) is 7.10. The zero-order valence-corrected chi connectivity index (χ0v) is 28.5. The minimum atomic E-state index is -0.996. The van der Waals surface area contributed by atoms with Crippen molar-refractivity contribution in [1.29, 1.82) is 10.5 Å². The number of nitrogens with two attached hydrogens (primary N) is 1. The fourth-order valence-corrected chi connectivity index (χ4v) is 6.46. The van der Waals surface area contributed by atoms with Crippen LogP contribution < -0.4 is 29.6 Å². The van der Waals surface area contributed by atoms with Crippen molar-refractivity contribution < 1.29 is 42.9 Å². The predicted molar refractivity (Wildman–Crippen MR) is 184 cm³/mol. The fraction of sp³-hybridized carbons (Fsp3) is 0.194. The number of carbonyl (C=O) groups excluding carboxylic acids is 4. The average molecular weight is 708 g/mol. The Morgan fingerprint density at radius 2 is 1.57 bits per heavy atom. The number of nitrogen functional groups attached to an aromatic ring is 1. The molecule has 2 N–H and O–H groups in total. The van der Waals surface area contributed by atoms with Crippen molar-refractivity contribution in [2.45, 2.75) is 16.7 Å². The van der Waals surface area contributed by atoms with Crippen molar-refractivity contribution in [3.8, 4) is 46.3 Å².